The summed E-state index contributed by atoms with van der Waals surface area (Å²) in [5.41, 5.74) is 1.37. The zero-order valence-corrected chi connectivity index (χ0v) is 11.4. The average Bonchev–Trinajstić information content (AvgIpc) is 2.84. The molecule has 0 atom stereocenters. The van der Waals surface area contributed by atoms with E-state index in [0.717, 1.165) is 4.31 Å². The van der Waals surface area contributed by atoms with Crippen molar-refractivity contribution in [1.82, 2.24) is 10.2 Å². The van der Waals surface area contributed by atoms with Crippen LogP contribution < -0.4 is 9.62 Å². The van der Waals surface area contributed by atoms with E-state index in [0.29, 0.717) is 17.1 Å². The van der Waals surface area contributed by atoms with E-state index in [2.05, 4.69) is 15.5 Å². The van der Waals surface area contributed by atoms with Crippen LogP contribution in [-0.4, -0.2) is 31.1 Å². The van der Waals surface area contributed by atoms with E-state index in [1.54, 1.807) is 31.2 Å². The average molecular weight is 292 g/mol. The van der Waals surface area contributed by atoms with Gasteiger partial charge in [-0.25, -0.2) is 8.42 Å². The van der Waals surface area contributed by atoms with Crippen molar-refractivity contribution in [2.75, 3.05) is 16.2 Å². The van der Waals surface area contributed by atoms with Crippen LogP contribution in [0.3, 0.4) is 0 Å². The highest BCUT2D eigenvalue weighted by Gasteiger charge is 2.33. The fourth-order valence-corrected chi connectivity index (χ4v) is 3.70. The van der Waals surface area contributed by atoms with Crippen LogP contribution in [0.4, 0.5) is 11.4 Å². The maximum absolute atomic E-state index is 12.7. The minimum atomic E-state index is -3.82. The molecular formula is C12H12N4O3S. The van der Waals surface area contributed by atoms with Crippen LogP contribution in [-0.2, 0) is 14.8 Å². The third kappa shape index (κ3) is 1.85. The predicted octanol–water partition coefficient (Wildman–Crippen LogP) is 0.866. The van der Waals surface area contributed by atoms with E-state index < -0.39 is 10.0 Å². The first kappa shape index (κ1) is 12.7. The van der Waals surface area contributed by atoms with Crippen LogP contribution in [0.2, 0.25) is 0 Å². The van der Waals surface area contributed by atoms with Gasteiger partial charge in [0.2, 0.25) is 5.91 Å². The van der Waals surface area contributed by atoms with Crippen molar-refractivity contribution in [3.8, 4) is 0 Å². The van der Waals surface area contributed by atoms with Gasteiger partial charge in [0.15, 0.2) is 0 Å². The number of aromatic nitrogens is 2. The molecule has 7 nitrogen and oxygen atoms in total. The third-order valence-electron chi connectivity index (χ3n) is 3.09. The number of aryl methyl sites for hydroxylation is 1. The van der Waals surface area contributed by atoms with Crippen molar-refractivity contribution in [2.45, 2.75) is 11.8 Å². The van der Waals surface area contributed by atoms with Crippen LogP contribution in [0.25, 0.3) is 0 Å². The second kappa shape index (κ2) is 4.34. The largest absolute Gasteiger partial charge is 0.323 e. The van der Waals surface area contributed by atoms with Crippen molar-refractivity contribution in [2.24, 2.45) is 0 Å². The molecule has 0 aliphatic carbocycles. The summed E-state index contributed by atoms with van der Waals surface area (Å²) in [6, 6.07) is 6.78. The van der Waals surface area contributed by atoms with E-state index in [9.17, 15) is 13.2 Å². The van der Waals surface area contributed by atoms with Gasteiger partial charge in [-0.05, 0) is 19.1 Å². The molecule has 0 radical (unpaired) electrons. The third-order valence-corrected chi connectivity index (χ3v) is 4.96. The van der Waals surface area contributed by atoms with Gasteiger partial charge in [-0.3, -0.25) is 14.2 Å². The summed E-state index contributed by atoms with van der Waals surface area (Å²) in [7, 11) is -3.82. The molecule has 0 fully saturated rings. The highest BCUT2D eigenvalue weighted by Crippen LogP contribution is 2.33. The topological polar surface area (TPSA) is 95.2 Å². The summed E-state index contributed by atoms with van der Waals surface area (Å²) in [6.45, 7) is 1.37. The summed E-state index contributed by atoms with van der Waals surface area (Å²) < 4.78 is 26.4. The Morgan fingerprint density at radius 1 is 1.30 bits per heavy atom. The first-order valence-electron chi connectivity index (χ1n) is 5.92. The van der Waals surface area contributed by atoms with E-state index in [1.807, 2.05) is 0 Å². The number of anilines is 2. The molecule has 2 heterocycles. The van der Waals surface area contributed by atoms with Crippen LogP contribution in [0, 0.1) is 6.92 Å². The lowest BCUT2D eigenvalue weighted by molar-refractivity contribution is -0.115. The zero-order chi connectivity index (χ0) is 14.3. The number of para-hydroxylation sites is 2. The zero-order valence-electron chi connectivity index (χ0n) is 10.6. The molecule has 0 bridgehead atoms. The number of fused-ring (bicyclic) bond motifs is 1. The first-order chi connectivity index (χ1) is 9.50. The molecule has 1 aromatic carbocycles. The summed E-state index contributed by atoms with van der Waals surface area (Å²) >= 11 is 0. The molecule has 1 aromatic heterocycles. The lowest BCUT2D eigenvalue weighted by Gasteiger charge is -2.29. The molecule has 3 rings (SSSR count). The molecule has 0 unspecified atom stereocenters. The van der Waals surface area contributed by atoms with Crippen LogP contribution in [0.1, 0.15) is 5.69 Å². The molecule has 8 heteroatoms. The van der Waals surface area contributed by atoms with Gasteiger partial charge in [0, 0.05) is 0 Å². The molecule has 2 N–H and O–H groups in total. The maximum Gasteiger partial charge on any atom is 0.268 e. The number of H-pyrrole nitrogens is 1. The number of nitrogens with one attached hydrogen (secondary N) is 2. The quantitative estimate of drug-likeness (QED) is 0.858. The van der Waals surface area contributed by atoms with Gasteiger partial charge in [0.1, 0.15) is 11.4 Å². The number of hydrogen-bond acceptors (Lipinski definition) is 4. The van der Waals surface area contributed by atoms with E-state index >= 15 is 0 Å². The highest BCUT2D eigenvalue weighted by molar-refractivity contribution is 7.93. The number of amides is 1. The summed E-state index contributed by atoms with van der Waals surface area (Å²) in [4.78, 5) is 11.8. The number of carbonyl (C=O) groups is 1. The Morgan fingerprint density at radius 3 is 2.75 bits per heavy atom. The van der Waals surface area contributed by atoms with E-state index in [1.165, 1.54) is 6.20 Å². The molecular weight excluding hydrogens is 280 g/mol. The van der Waals surface area contributed by atoms with Crippen LogP contribution in [0.5, 0.6) is 0 Å². The molecule has 0 saturated carbocycles. The molecule has 2 aromatic rings. The van der Waals surface area contributed by atoms with E-state index in [-0.39, 0.29) is 17.3 Å². The first-order valence-corrected chi connectivity index (χ1v) is 7.36. The maximum atomic E-state index is 12.7. The molecule has 20 heavy (non-hydrogen) atoms. The van der Waals surface area contributed by atoms with Crippen molar-refractivity contribution in [3.63, 3.8) is 0 Å². The van der Waals surface area contributed by atoms with Gasteiger partial charge in [-0.1, -0.05) is 12.1 Å². The second-order valence-corrected chi connectivity index (χ2v) is 6.27. The Labute approximate surface area is 115 Å². The van der Waals surface area contributed by atoms with Gasteiger partial charge in [0.25, 0.3) is 10.0 Å². The minimum absolute atomic E-state index is 0.0713. The number of hydrogen-bond donors (Lipinski definition) is 2. The Bertz CT molecular complexity index is 782. The molecule has 1 aliphatic heterocycles. The van der Waals surface area contributed by atoms with Crippen molar-refractivity contribution in [1.29, 1.82) is 0 Å². The monoisotopic (exact) mass is 292 g/mol. The SMILES string of the molecule is Cc1[nH]ncc1S(=O)(=O)N1CC(=O)Nc2ccccc21. The van der Waals surface area contributed by atoms with Crippen molar-refractivity contribution >= 4 is 27.3 Å². The fourth-order valence-electron chi connectivity index (χ4n) is 2.14. The summed E-state index contributed by atoms with van der Waals surface area (Å²) in [6.07, 6.45) is 1.25. The fraction of sp³-hybridized carbons (Fsp3) is 0.167. The standard InChI is InChI=1S/C12H12N4O3S/c1-8-11(6-13-15-8)20(18,19)16-7-12(17)14-9-4-2-3-5-10(9)16/h2-6H,7H2,1H3,(H,13,15)(H,14,17). The lowest BCUT2D eigenvalue weighted by atomic mass is 10.2. The Hall–Kier alpha value is -2.35. The Morgan fingerprint density at radius 2 is 2.05 bits per heavy atom. The summed E-state index contributed by atoms with van der Waals surface area (Å²) in [5.74, 6) is -0.367. The molecule has 1 aliphatic rings. The Balaban J connectivity index is 2.16. The van der Waals surface area contributed by atoms with Crippen LogP contribution in [0.15, 0.2) is 35.4 Å². The van der Waals surface area contributed by atoms with Gasteiger partial charge in [-0.2, -0.15) is 5.10 Å². The summed E-state index contributed by atoms with van der Waals surface area (Å²) in [5, 5.41) is 8.97. The highest BCUT2D eigenvalue weighted by atomic mass is 32.2. The number of carbonyl (C=O) groups excluding carboxylic acids is 1. The van der Waals surface area contributed by atoms with Crippen LogP contribution >= 0.6 is 0 Å². The second-order valence-electron chi connectivity index (χ2n) is 4.44. The van der Waals surface area contributed by atoms with Gasteiger partial charge < -0.3 is 5.32 Å². The van der Waals surface area contributed by atoms with Crippen molar-refractivity contribution < 1.29 is 13.2 Å². The van der Waals surface area contributed by atoms with Gasteiger partial charge >= 0.3 is 0 Å². The molecule has 104 valence electrons. The number of benzene rings is 1. The Kier molecular flexibility index (Phi) is 2.75. The van der Waals surface area contributed by atoms with Crippen molar-refractivity contribution in [3.05, 3.63) is 36.2 Å². The lowest BCUT2D eigenvalue weighted by Crippen LogP contribution is -2.42. The number of sulfonamides is 1. The normalized spacial score (nSPS) is 14.8. The number of nitrogens with zero attached hydrogens (tertiary/aromatic N) is 2. The smallest absolute Gasteiger partial charge is 0.268 e. The number of rotatable bonds is 2. The van der Waals surface area contributed by atoms with Gasteiger partial charge in [0.05, 0.1) is 23.3 Å². The molecule has 0 spiro atoms. The van der Waals surface area contributed by atoms with Gasteiger partial charge in [-0.15, -0.1) is 0 Å². The predicted molar refractivity (Wildman–Crippen MR) is 72.9 cm³/mol. The van der Waals surface area contributed by atoms with E-state index in [4.69, 9.17) is 0 Å². The minimum Gasteiger partial charge on any atom is -0.323 e. The molecule has 0 saturated heterocycles. The molecule has 1 amide bonds. The number of aromatic amines is 1.